The summed E-state index contributed by atoms with van der Waals surface area (Å²) in [7, 11) is -2.38. The van der Waals surface area contributed by atoms with Crippen LogP contribution in [0.15, 0.2) is 24.4 Å². The van der Waals surface area contributed by atoms with Gasteiger partial charge in [0.1, 0.15) is 32.8 Å². The van der Waals surface area contributed by atoms with Gasteiger partial charge in [0.05, 0.1) is 36.5 Å². The SMILES string of the molecule is [2H]C([2H])(Oc1nc(N2CCCC[C@@H]3[C@H](F)[C@@H]32)c2cnc(-c3cc(N)cc4cc(F)c(F)c(C#C[Si](C(C)C)(C(C)C)C(C)C)c34)c(C)c2n1)[C@@]12CCCN1C[C@H](F)C2. The third kappa shape index (κ3) is 6.32. The molecule has 4 aromatic rings. The lowest BCUT2D eigenvalue weighted by molar-refractivity contribution is 0.107. The number of hydrogen-bond donors (Lipinski definition) is 1. The molecule has 2 aromatic heterocycles. The summed E-state index contributed by atoms with van der Waals surface area (Å²) in [6, 6.07) is 3.77. The number of nitrogen functional groups attached to an aromatic ring is 1. The van der Waals surface area contributed by atoms with E-state index >= 15 is 13.2 Å². The van der Waals surface area contributed by atoms with Crippen LogP contribution in [-0.4, -0.2) is 78.0 Å². The maximum atomic E-state index is 16.2. The van der Waals surface area contributed by atoms with Crippen LogP contribution >= 0.6 is 0 Å². The molecular formula is C44H54F4N6OSi. The van der Waals surface area contributed by atoms with Crippen LogP contribution < -0.4 is 15.4 Å². The van der Waals surface area contributed by atoms with Gasteiger partial charge in [-0.15, -0.1) is 5.54 Å². The Kier molecular flexibility index (Phi) is 9.39. The molecule has 2 aromatic carbocycles. The Hall–Kier alpha value is -3.95. The van der Waals surface area contributed by atoms with Crippen molar-refractivity contribution in [2.45, 2.75) is 128 Å². The normalized spacial score (nSPS) is 26.0. The fraction of sp³-hybridized carbons (Fsp3) is 0.568. The predicted octanol–water partition coefficient (Wildman–Crippen LogP) is 9.87. The average Bonchev–Trinajstić information content (AvgIpc) is 3.50. The molecule has 4 fully saturated rings. The van der Waals surface area contributed by atoms with Gasteiger partial charge in [-0.05, 0) is 79.4 Å². The number of aromatic nitrogens is 3. The Morgan fingerprint density at radius 2 is 1.79 bits per heavy atom. The summed E-state index contributed by atoms with van der Waals surface area (Å²) in [5.41, 5.74) is 11.6. The van der Waals surface area contributed by atoms with E-state index in [1.54, 1.807) is 25.3 Å². The second-order valence-corrected chi connectivity index (χ2v) is 23.1. The molecule has 5 atom stereocenters. The lowest BCUT2D eigenvalue weighted by Gasteiger charge is -2.38. The van der Waals surface area contributed by atoms with Crippen molar-refractivity contribution in [3.8, 4) is 28.7 Å². The third-order valence-corrected chi connectivity index (χ3v) is 19.7. The van der Waals surface area contributed by atoms with Crippen LogP contribution in [-0.2, 0) is 0 Å². The molecule has 3 saturated heterocycles. The van der Waals surface area contributed by atoms with E-state index in [-0.39, 0.29) is 47.1 Å². The molecule has 298 valence electrons. The minimum Gasteiger partial charge on any atom is -0.461 e. The Morgan fingerprint density at radius 1 is 1.04 bits per heavy atom. The molecule has 4 aliphatic rings. The highest BCUT2D eigenvalue weighted by Crippen LogP contribution is 2.49. The van der Waals surface area contributed by atoms with Crippen LogP contribution in [0.25, 0.3) is 32.9 Å². The summed E-state index contributed by atoms with van der Waals surface area (Å²) in [5.74, 6) is 1.37. The van der Waals surface area contributed by atoms with Gasteiger partial charge in [-0.25, -0.2) is 17.6 Å². The van der Waals surface area contributed by atoms with Gasteiger partial charge >= 0.3 is 6.01 Å². The number of anilines is 2. The van der Waals surface area contributed by atoms with E-state index in [0.29, 0.717) is 75.9 Å². The zero-order valence-electron chi connectivity index (χ0n) is 35.4. The quantitative estimate of drug-likeness (QED) is 0.0825. The second-order valence-electron chi connectivity index (χ2n) is 17.6. The topological polar surface area (TPSA) is 80.4 Å². The minimum absolute atomic E-state index is 0.00700. The molecule has 7 nitrogen and oxygen atoms in total. The highest BCUT2D eigenvalue weighted by molar-refractivity contribution is 6.90. The van der Waals surface area contributed by atoms with Crippen molar-refractivity contribution in [3.63, 3.8) is 0 Å². The zero-order chi connectivity index (χ0) is 41.6. The number of nitrogens with zero attached hydrogens (tertiary/aromatic N) is 5. The van der Waals surface area contributed by atoms with Gasteiger partial charge in [0.2, 0.25) is 0 Å². The monoisotopic (exact) mass is 788 g/mol. The summed E-state index contributed by atoms with van der Waals surface area (Å²) < 4.78 is 86.6. The van der Waals surface area contributed by atoms with Gasteiger partial charge in [-0.1, -0.05) is 53.9 Å². The molecular weight excluding hydrogens is 733 g/mol. The summed E-state index contributed by atoms with van der Waals surface area (Å²) in [4.78, 5) is 18.4. The van der Waals surface area contributed by atoms with E-state index in [2.05, 4.69) is 53.0 Å². The van der Waals surface area contributed by atoms with E-state index in [1.165, 1.54) is 0 Å². The van der Waals surface area contributed by atoms with Gasteiger partial charge in [0.15, 0.2) is 11.6 Å². The Balaban J connectivity index is 1.34. The standard InChI is InChI=1S/C44H54F4N6OSi/c1-24(2)56(25(3)4,26(5)6)16-12-31-36-28(18-35(46)37(31)47)17-30(49)19-33(36)39-27(7)40-34(21-50-39)42(54-15-9-8-11-32-38(48)41(32)54)52-43(51-40)55-23-44-13-10-14-53(44)22-29(45)20-44/h17-19,21,24-26,29,32,38,41H,8-11,13-15,20,22-23,49H2,1-7H3/t29-,32-,38+,41-,44+/m1/s1/i23D2. The molecule has 1 saturated carbocycles. The van der Waals surface area contributed by atoms with Crippen molar-refractivity contribution in [1.29, 1.82) is 0 Å². The number of pyridine rings is 1. The minimum atomic E-state index is -2.38. The number of fused-ring (bicyclic) bond motifs is 4. The first-order chi connectivity index (χ1) is 27.4. The number of ether oxygens (including phenoxy) is 1. The fourth-order valence-electron chi connectivity index (χ4n) is 10.6. The van der Waals surface area contributed by atoms with E-state index < -0.39 is 50.2 Å². The van der Waals surface area contributed by atoms with Gasteiger partial charge in [-0.3, -0.25) is 9.88 Å². The molecule has 12 heteroatoms. The first-order valence-corrected chi connectivity index (χ1v) is 22.6. The molecule has 5 heterocycles. The Bertz CT molecular complexity index is 2330. The van der Waals surface area contributed by atoms with Crippen LogP contribution in [0, 0.1) is 35.9 Å². The van der Waals surface area contributed by atoms with Crippen molar-refractivity contribution in [2.75, 3.05) is 36.8 Å². The molecule has 0 amide bonds. The van der Waals surface area contributed by atoms with E-state index in [0.717, 1.165) is 25.3 Å². The molecule has 56 heavy (non-hydrogen) atoms. The van der Waals surface area contributed by atoms with Gasteiger partial charge in [0.25, 0.3) is 0 Å². The van der Waals surface area contributed by atoms with Crippen molar-refractivity contribution in [3.05, 3.63) is 47.2 Å². The van der Waals surface area contributed by atoms with Crippen LogP contribution in [0.4, 0.5) is 29.1 Å². The summed E-state index contributed by atoms with van der Waals surface area (Å²) in [6.07, 6.45) is 2.98. The fourth-order valence-corrected chi connectivity index (χ4v) is 15.8. The smallest absolute Gasteiger partial charge is 0.319 e. The molecule has 8 rings (SSSR count). The number of alkyl halides is 2. The number of benzene rings is 2. The molecule has 1 aliphatic carbocycles. The number of nitrogens with two attached hydrogens (primary N) is 1. The highest BCUT2D eigenvalue weighted by atomic mass is 28.3. The van der Waals surface area contributed by atoms with Gasteiger partial charge in [-0.2, -0.15) is 9.97 Å². The number of hydrogen-bond acceptors (Lipinski definition) is 7. The van der Waals surface area contributed by atoms with Crippen LogP contribution in [0.2, 0.25) is 16.6 Å². The summed E-state index contributed by atoms with van der Waals surface area (Å²) >= 11 is 0. The summed E-state index contributed by atoms with van der Waals surface area (Å²) in [6.45, 7) is 13.6. The van der Waals surface area contributed by atoms with E-state index in [1.807, 2.05) is 9.80 Å². The van der Waals surface area contributed by atoms with E-state index in [9.17, 15) is 7.13 Å². The molecule has 0 unspecified atom stereocenters. The van der Waals surface area contributed by atoms with Crippen molar-refractivity contribution in [1.82, 2.24) is 19.9 Å². The molecule has 0 spiro atoms. The van der Waals surface area contributed by atoms with Crippen LogP contribution in [0.3, 0.4) is 0 Å². The van der Waals surface area contributed by atoms with Crippen LogP contribution in [0.1, 0.15) is 93.9 Å². The Morgan fingerprint density at radius 3 is 2.52 bits per heavy atom. The maximum absolute atomic E-state index is 16.2. The van der Waals surface area contributed by atoms with E-state index in [4.69, 9.17) is 25.4 Å². The number of aryl methyl sites for hydroxylation is 1. The van der Waals surface area contributed by atoms with Gasteiger partial charge < -0.3 is 15.4 Å². The first-order valence-electron chi connectivity index (χ1n) is 21.3. The second kappa shape index (κ2) is 14.5. The lowest BCUT2D eigenvalue weighted by atomic mass is 9.93. The predicted molar refractivity (Wildman–Crippen MR) is 219 cm³/mol. The maximum Gasteiger partial charge on any atom is 0.319 e. The summed E-state index contributed by atoms with van der Waals surface area (Å²) in [5, 5.41) is 1.26. The zero-order valence-corrected chi connectivity index (χ0v) is 34.4. The van der Waals surface area contributed by atoms with Crippen molar-refractivity contribution < 1.29 is 25.0 Å². The first kappa shape index (κ1) is 36.4. The molecule has 0 bridgehead atoms. The highest BCUT2D eigenvalue weighted by Gasteiger charge is 2.56. The van der Waals surface area contributed by atoms with Crippen LogP contribution in [0.5, 0.6) is 6.01 Å². The molecule has 2 N–H and O–H groups in total. The molecule has 0 radical (unpaired) electrons. The number of halogens is 4. The Labute approximate surface area is 331 Å². The molecule has 3 aliphatic heterocycles. The number of rotatable bonds is 8. The lowest BCUT2D eigenvalue weighted by Crippen LogP contribution is -2.43. The average molecular weight is 789 g/mol. The van der Waals surface area contributed by atoms with Crippen molar-refractivity contribution >= 4 is 41.3 Å². The van der Waals surface area contributed by atoms with Gasteiger partial charge in [0, 0.05) is 53.8 Å². The third-order valence-electron chi connectivity index (χ3n) is 13.4. The largest absolute Gasteiger partial charge is 0.461 e. The van der Waals surface area contributed by atoms with Crippen molar-refractivity contribution in [2.24, 2.45) is 5.92 Å².